The summed E-state index contributed by atoms with van der Waals surface area (Å²) in [5.41, 5.74) is 1.33. The molecular formula is C18H27NO2SeSi. The maximum absolute atomic E-state index is 12.7. The maximum atomic E-state index is 12.7. The second-order valence-electron chi connectivity index (χ2n) is 8.19. The molecule has 0 radical (unpaired) electrons. The molecule has 2 aliphatic heterocycles. The van der Waals surface area contributed by atoms with E-state index < -0.39 is 8.32 Å². The molecule has 1 aromatic carbocycles. The third-order valence-electron chi connectivity index (χ3n) is 5.54. The average molecular weight is 396 g/mol. The predicted molar refractivity (Wildman–Crippen MR) is 97.4 cm³/mol. The molecule has 23 heavy (non-hydrogen) atoms. The first-order chi connectivity index (χ1) is 10.6. The Kier molecular flexibility index (Phi) is 4.29. The van der Waals surface area contributed by atoms with Gasteiger partial charge in [-0.2, -0.15) is 0 Å². The van der Waals surface area contributed by atoms with E-state index in [9.17, 15) is 4.79 Å². The summed E-state index contributed by atoms with van der Waals surface area (Å²) in [4.78, 5) is 15.1. The van der Waals surface area contributed by atoms with E-state index in [-0.39, 0.29) is 23.0 Å². The Morgan fingerprint density at radius 3 is 2.61 bits per heavy atom. The third kappa shape index (κ3) is 2.93. The van der Waals surface area contributed by atoms with Gasteiger partial charge in [0.2, 0.25) is 0 Å². The molecule has 2 heterocycles. The summed E-state index contributed by atoms with van der Waals surface area (Å²) in [6.07, 6.45) is 0.0248. The van der Waals surface area contributed by atoms with Crippen LogP contribution in [-0.2, 0) is 15.8 Å². The van der Waals surface area contributed by atoms with Crippen LogP contribution in [0.2, 0.25) is 18.1 Å². The molecule has 5 heteroatoms. The van der Waals surface area contributed by atoms with Crippen LogP contribution >= 0.6 is 0 Å². The summed E-state index contributed by atoms with van der Waals surface area (Å²) >= 11 is 0.332. The summed E-state index contributed by atoms with van der Waals surface area (Å²) in [7, 11) is -1.83. The van der Waals surface area contributed by atoms with Crippen LogP contribution in [0.25, 0.3) is 0 Å². The molecular weight excluding hydrogens is 369 g/mol. The van der Waals surface area contributed by atoms with Gasteiger partial charge in [-0.25, -0.2) is 0 Å². The van der Waals surface area contributed by atoms with Gasteiger partial charge in [0.15, 0.2) is 0 Å². The minimum absolute atomic E-state index is 0.0248. The van der Waals surface area contributed by atoms with Gasteiger partial charge in [0.05, 0.1) is 0 Å². The van der Waals surface area contributed by atoms with Crippen molar-refractivity contribution in [3.63, 3.8) is 0 Å². The first kappa shape index (κ1) is 17.2. The standard InChI is InChI=1S/C18H27NO2SeSi/c1-12(21-23(5,6)18(2,3)4)15-16(20)19-11-13-9-7-8-10-14(13)22-17(15)19/h7-10,12,15,17H,11H2,1-6H3/t12-,15+,17-/m1/s1. The Morgan fingerprint density at radius 1 is 1.30 bits per heavy atom. The van der Waals surface area contributed by atoms with Crippen LogP contribution in [0.15, 0.2) is 24.3 Å². The van der Waals surface area contributed by atoms with E-state index >= 15 is 0 Å². The van der Waals surface area contributed by atoms with Gasteiger partial charge in [-0.3, -0.25) is 0 Å². The van der Waals surface area contributed by atoms with Crippen LogP contribution in [0.3, 0.4) is 0 Å². The fourth-order valence-electron chi connectivity index (χ4n) is 3.07. The number of nitrogens with zero attached hydrogens (tertiary/aromatic N) is 1. The van der Waals surface area contributed by atoms with Gasteiger partial charge in [-0.05, 0) is 0 Å². The van der Waals surface area contributed by atoms with Crippen LogP contribution in [0, 0.1) is 5.92 Å². The van der Waals surface area contributed by atoms with E-state index in [4.69, 9.17) is 4.43 Å². The molecule has 0 bridgehead atoms. The number of carbonyl (C=O) groups is 1. The Hall–Kier alpha value is -0.614. The summed E-state index contributed by atoms with van der Waals surface area (Å²) in [6, 6.07) is 8.57. The number of β-lactam (4-membered cyclic amide) rings is 1. The minimum atomic E-state index is -1.83. The first-order valence-corrected chi connectivity index (χ1v) is 13.1. The van der Waals surface area contributed by atoms with E-state index in [0.717, 1.165) is 6.54 Å². The monoisotopic (exact) mass is 397 g/mol. The van der Waals surface area contributed by atoms with Crippen LogP contribution < -0.4 is 4.46 Å². The second-order valence-corrected chi connectivity index (χ2v) is 15.4. The van der Waals surface area contributed by atoms with E-state index in [1.807, 2.05) is 0 Å². The molecule has 0 N–H and O–H groups in total. The molecule has 3 atom stereocenters. The Morgan fingerprint density at radius 2 is 1.96 bits per heavy atom. The molecule has 1 saturated heterocycles. The zero-order chi connectivity index (χ0) is 17.0. The Labute approximate surface area is 147 Å². The van der Waals surface area contributed by atoms with Crippen LogP contribution in [0.1, 0.15) is 33.3 Å². The molecule has 1 fully saturated rings. The van der Waals surface area contributed by atoms with Crippen molar-refractivity contribution in [3.05, 3.63) is 29.8 Å². The van der Waals surface area contributed by atoms with E-state index in [1.54, 1.807) is 0 Å². The summed E-state index contributed by atoms with van der Waals surface area (Å²) in [5, 5.41) is 0.179. The first-order valence-electron chi connectivity index (χ1n) is 8.35. The van der Waals surface area contributed by atoms with Gasteiger partial charge in [0.1, 0.15) is 0 Å². The number of carbonyl (C=O) groups excluding carboxylic acids is 1. The molecule has 3 rings (SSSR count). The number of hydrogen-bond donors (Lipinski definition) is 0. The van der Waals surface area contributed by atoms with Gasteiger partial charge >= 0.3 is 147 Å². The third-order valence-corrected chi connectivity index (χ3v) is 13.1. The number of amides is 1. The number of hydrogen-bond acceptors (Lipinski definition) is 2. The second kappa shape index (κ2) is 5.73. The number of benzene rings is 1. The fourth-order valence-corrected chi connectivity index (χ4v) is 7.62. The molecule has 1 amide bonds. The number of fused-ring (bicyclic) bond motifs is 2. The molecule has 0 aromatic heterocycles. The van der Waals surface area contributed by atoms with E-state index in [0.29, 0.717) is 19.9 Å². The topological polar surface area (TPSA) is 29.5 Å². The fraction of sp³-hybridized carbons (Fsp3) is 0.611. The summed E-state index contributed by atoms with van der Waals surface area (Å²) < 4.78 is 7.97. The number of rotatable bonds is 3. The summed E-state index contributed by atoms with van der Waals surface area (Å²) in [6.45, 7) is 14.2. The van der Waals surface area contributed by atoms with E-state index in [1.165, 1.54) is 10.0 Å². The molecule has 0 saturated carbocycles. The molecule has 0 unspecified atom stereocenters. The van der Waals surface area contributed by atoms with E-state index in [2.05, 4.69) is 70.0 Å². The predicted octanol–water partition coefficient (Wildman–Crippen LogP) is 2.72. The van der Waals surface area contributed by atoms with Crippen molar-refractivity contribution < 1.29 is 9.22 Å². The van der Waals surface area contributed by atoms with Crippen molar-refractivity contribution in [2.45, 2.75) is 63.4 Å². The van der Waals surface area contributed by atoms with Gasteiger partial charge in [-0.15, -0.1) is 0 Å². The molecule has 2 aliphatic rings. The molecule has 126 valence electrons. The molecule has 0 spiro atoms. The molecule has 0 aliphatic carbocycles. The quantitative estimate of drug-likeness (QED) is 0.581. The van der Waals surface area contributed by atoms with Crippen molar-refractivity contribution in [1.82, 2.24) is 4.90 Å². The van der Waals surface area contributed by atoms with Crippen molar-refractivity contribution in [3.8, 4) is 0 Å². The van der Waals surface area contributed by atoms with Gasteiger partial charge in [0, 0.05) is 0 Å². The average Bonchev–Trinajstić information content (AvgIpc) is 2.44. The van der Waals surface area contributed by atoms with Crippen molar-refractivity contribution >= 4 is 33.6 Å². The summed E-state index contributed by atoms with van der Waals surface area (Å²) in [5.74, 6) is 0.343. The van der Waals surface area contributed by atoms with Crippen molar-refractivity contribution in [1.29, 1.82) is 0 Å². The Bertz CT molecular complexity index is 626. The Balaban J connectivity index is 1.75. The van der Waals surface area contributed by atoms with Crippen LogP contribution in [0.5, 0.6) is 0 Å². The SMILES string of the molecule is C[C@@H](O[Si](C)(C)C(C)(C)C)[C@H]1C(=O)N2Cc3ccccc3[Se][C@H]12. The molecule has 1 aromatic rings. The molecule has 3 nitrogen and oxygen atoms in total. The van der Waals surface area contributed by atoms with Gasteiger partial charge in [-0.1, -0.05) is 0 Å². The van der Waals surface area contributed by atoms with Crippen LogP contribution in [0.4, 0.5) is 0 Å². The van der Waals surface area contributed by atoms with Crippen molar-refractivity contribution in [2.24, 2.45) is 5.92 Å². The van der Waals surface area contributed by atoms with Crippen molar-refractivity contribution in [2.75, 3.05) is 0 Å². The van der Waals surface area contributed by atoms with Crippen LogP contribution in [-0.4, -0.2) is 45.1 Å². The van der Waals surface area contributed by atoms with Gasteiger partial charge < -0.3 is 0 Å². The zero-order valence-electron chi connectivity index (χ0n) is 14.9. The zero-order valence-corrected chi connectivity index (χ0v) is 17.6. The normalized spacial score (nSPS) is 25.5. The van der Waals surface area contributed by atoms with Gasteiger partial charge in [0.25, 0.3) is 0 Å².